The minimum Gasteiger partial charge on any atom is -0.390 e. The van der Waals surface area contributed by atoms with Gasteiger partial charge in [0.25, 0.3) is 5.91 Å². The fraction of sp³-hybridized carbons (Fsp3) is 0.576. The van der Waals surface area contributed by atoms with Gasteiger partial charge >= 0.3 is 0 Å². The number of hydrogen-bond acceptors (Lipinski definition) is 9. The molecule has 10 nitrogen and oxygen atoms in total. The lowest BCUT2D eigenvalue weighted by molar-refractivity contribution is -0.0139. The number of benzene rings is 1. The smallest absolute Gasteiger partial charge is 0.272 e. The number of anilines is 2. The Morgan fingerprint density at radius 1 is 0.977 bits per heavy atom. The minimum absolute atomic E-state index is 0.0560. The number of aliphatic hydroxyl groups excluding tert-OH is 1. The van der Waals surface area contributed by atoms with E-state index in [1.165, 1.54) is 36.8 Å². The molecule has 11 heteroatoms. The van der Waals surface area contributed by atoms with Crippen molar-refractivity contribution in [2.75, 3.05) is 42.9 Å². The molecule has 44 heavy (non-hydrogen) atoms. The highest BCUT2D eigenvalue weighted by molar-refractivity contribution is 7.99. The van der Waals surface area contributed by atoms with E-state index in [0.29, 0.717) is 29.2 Å². The zero-order chi connectivity index (χ0) is 30.0. The van der Waals surface area contributed by atoms with Gasteiger partial charge in [-0.25, -0.2) is 9.97 Å². The third kappa shape index (κ3) is 6.60. The summed E-state index contributed by atoms with van der Waals surface area (Å²) in [6.07, 6.45) is 9.91. The molecule has 2 N–H and O–H groups in total. The van der Waals surface area contributed by atoms with Crippen molar-refractivity contribution in [2.45, 2.75) is 86.5 Å². The van der Waals surface area contributed by atoms with Crippen LogP contribution in [0, 0.1) is 0 Å². The molecule has 2 atom stereocenters. The van der Waals surface area contributed by atoms with Crippen LogP contribution < -0.4 is 10.2 Å². The number of aliphatic hydroxyl groups is 1. The average molecular weight is 617 g/mol. The lowest BCUT2D eigenvalue weighted by Crippen LogP contribution is -2.56. The van der Waals surface area contributed by atoms with Crippen LogP contribution in [0.1, 0.15) is 66.6 Å². The fourth-order valence-corrected chi connectivity index (χ4v) is 8.51. The molecular formula is C33H44N8O2S. The number of thioether (sulfide) groups is 1. The fourth-order valence-electron chi connectivity index (χ4n) is 7.34. The van der Waals surface area contributed by atoms with Crippen molar-refractivity contribution < 1.29 is 9.90 Å². The van der Waals surface area contributed by atoms with Crippen molar-refractivity contribution in [3.05, 3.63) is 59.4 Å². The summed E-state index contributed by atoms with van der Waals surface area (Å²) in [4.78, 5) is 30.1. The van der Waals surface area contributed by atoms with Crippen molar-refractivity contribution in [3.8, 4) is 0 Å². The van der Waals surface area contributed by atoms with Gasteiger partial charge in [-0.05, 0) is 49.7 Å². The van der Waals surface area contributed by atoms with Gasteiger partial charge in [-0.2, -0.15) is 5.10 Å². The summed E-state index contributed by atoms with van der Waals surface area (Å²) in [7, 11) is 1.95. The van der Waals surface area contributed by atoms with Crippen molar-refractivity contribution in [3.63, 3.8) is 0 Å². The summed E-state index contributed by atoms with van der Waals surface area (Å²) in [6.45, 7) is 4.58. The summed E-state index contributed by atoms with van der Waals surface area (Å²) in [5.74, 6) is 1.63. The lowest BCUT2D eigenvalue weighted by atomic mass is 9.94. The quantitative estimate of drug-likeness (QED) is 0.382. The molecule has 1 saturated carbocycles. The van der Waals surface area contributed by atoms with Gasteiger partial charge in [-0.3, -0.25) is 14.4 Å². The number of likely N-dealkylation sites (tertiary alicyclic amines) is 1. The Kier molecular flexibility index (Phi) is 8.78. The largest absolute Gasteiger partial charge is 0.390 e. The van der Waals surface area contributed by atoms with Crippen molar-refractivity contribution in [2.24, 2.45) is 7.05 Å². The van der Waals surface area contributed by atoms with E-state index in [9.17, 15) is 9.90 Å². The molecule has 3 aliphatic heterocycles. The number of fused-ring (bicyclic) bond motifs is 1. The number of aromatic nitrogens is 4. The van der Waals surface area contributed by atoms with Crippen LogP contribution in [0.5, 0.6) is 0 Å². The molecule has 4 aliphatic rings. The van der Waals surface area contributed by atoms with Crippen LogP contribution >= 0.6 is 11.8 Å². The maximum Gasteiger partial charge on any atom is 0.272 e. The molecule has 5 heterocycles. The van der Waals surface area contributed by atoms with Gasteiger partial charge in [-0.15, -0.1) is 0 Å². The Labute approximate surface area is 264 Å². The van der Waals surface area contributed by atoms with E-state index in [2.05, 4.69) is 50.5 Å². The van der Waals surface area contributed by atoms with Crippen molar-refractivity contribution in [1.29, 1.82) is 0 Å². The van der Waals surface area contributed by atoms with Crippen molar-refractivity contribution in [1.82, 2.24) is 29.5 Å². The number of nitrogens with zero attached hydrogens (tertiary/aromatic N) is 7. The van der Waals surface area contributed by atoms with Crippen molar-refractivity contribution >= 4 is 29.3 Å². The van der Waals surface area contributed by atoms with Crippen LogP contribution in [0.15, 0.2) is 47.8 Å². The summed E-state index contributed by atoms with van der Waals surface area (Å²) in [6, 6.07) is 12.8. The van der Waals surface area contributed by atoms with Crippen LogP contribution in [0.2, 0.25) is 0 Å². The van der Waals surface area contributed by atoms with Gasteiger partial charge in [0, 0.05) is 82.0 Å². The molecule has 0 spiro atoms. The maximum absolute atomic E-state index is 13.9. The monoisotopic (exact) mass is 616 g/mol. The summed E-state index contributed by atoms with van der Waals surface area (Å²) in [5.41, 5.74) is 3.18. The van der Waals surface area contributed by atoms with Crippen LogP contribution in [-0.2, 0) is 20.0 Å². The Bertz CT molecular complexity index is 1450. The Hall–Kier alpha value is -3.15. The van der Waals surface area contributed by atoms with E-state index in [4.69, 9.17) is 9.97 Å². The molecule has 1 amide bonds. The normalized spacial score (nSPS) is 23.6. The first kappa shape index (κ1) is 29.6. The van der Waals surface area contributed by atoms with Crippen LogP contribution in [0.3, 0.4) is 0 Å². The third-order valence-electron chi connectivity index (χ3n) is 9.83. The van der Waals surface area contributed by atoms with Crippen LogP contribution in [-0.4, -0.2) is 96.7 Å². The van der Waals surface area contributed by atoms with E-state index >= 15 is 0 Å². The van der Waals surface area contributed by atoms with E-state index in [-0.39, 0.29) is 18.0 Å². The summed E-state index contributed by atoms with van der Waals surface area (Å²) < 4.78 is 1.84. The predicted molar refractivity (Wildman–Crippen MR) is 173 cm³/mol. The highest BCUT2D eigenvalue weighted by Gasteiger charge is 2.36. The standard InChI is InChI=1S/C33H44N8O2S/c1-38-15-14-31(37-38)39-17-11-25(12-18-39)34-30-20-27(35-33(36-30)44-26-8-4-5-9-26)32(43)41-19-13-28(29(42)22-41)40-16-10-23-6-2-3-7-24(23)21-40/h2-3,6-7,14-15,20,25-26,28-29,42H,4-5,8-13,16-19,21-22H2,1H3,(H,34,35,36)/t28-,29-/m1/s1. The average Bonchev–Trinajstić information content (AvgIpc) is 3.72. The first-order valence-electron chi connectivity index (χ1n) is 16.3. The highest BCUT2D eigenvalue weighted by atomic mass is 32.2. The van der Waals surface area contributed by atoms with Gasteiger partial charge in [0.2, 0.25) is 0 Å². The Morgan fingerprint density at radius 2 is 1.77 bits per heavy atom. The van der Waals surface area contributed by atoms with Gasteiger partial charge in [0.1, 0.15) is 11.5 Å². The Balaban J connectivity index is 1.02. The number of amides is 1. The molecule has 2 saturated heterocycles. The van der Waals surface area contributed by atoms with Gasteiger partial charge in [0.15, 0.2) is 11.0 Å². The highest BCUT2D eigenvalue weighted by Crippen LogP contribution is 2.34. The van der Waals surface area contributed by atoms with E-state index < -0.39 is 6.10 Å². The van der Waals surface area contributed by atoms with Crippen LogP contribution in [0.4, 0.5) is 11.6 Å². The molecule has 0 unspecified atom stereocenters. The van der Waals surface area contributed by atoms with Crippen LogP contribution in [0.25, 0.3) is 0 Å². The zero-order valence-electron chi connectivity index (χ0n) is 25.6. The topological polar surface area (TPSA) is 103 Å². The van der Waals surface area contributed by atoms with E-state index in [1.807, 2.05) is 24.0 Å². The molecule has 1 aromatic carbocycles. The Morgan fingerprint density at radius 3 is 2.52 bits per heavy atom. The van der Waals surface area contributed by atoms with E-state index in [1.54, 1.807) is 16.7 Å². The maximum atomic E-state index is 13.9. The second-order valence-electron chi connectivity index (χ2n) is 12.9. The molecule has 3 fully saturated rings. The van der Waals surface area contributed by atoms with Gasteiger partial charge < -0.3 is 20.2 Å². The number of piperidine rings is 2. The molecule has 7 rings (SSSR count). The number of aryl methyl sites for hydroxylation is 1. The SMILES string of the molecule is Cn1ccc(N2CCC(Nc3cc(C(=O)N4CC[C@@H](N5CCc6ccccc6C5)[C@H](O)C4)nc(SC4CCCC4)n3)CC2)n1. The molecule has 0 bridgehead atoms. The molecule has 0 radical (unpaired) electrons. The number of carbonyl (C=O) groups is 1. The number of rotatable bonds is 7. The number of nitrogens with one attached hydrogen (secondary N) is 1. The number of carbonyl (C=O) groups excluding carboxylic acids is 1. The number of β-amino-alcohol motifs (C(OH)–C–C–N with tert-alkyl or cyclic N) is 1. The summed E-state index contributed by atoms with van der Waals surface area (Å²) in [5, 5.41) is 20.6. The number of hydrogen-bond donors (Lipinski definition) is 2. The molecule has 2 aromatic heterocycles. The van der Waals surface area contributed by atoms with E-state index in [0.717, 1.165) is 63.5 Å². The van der Waals surface area contributed by atoms with Gasteiger partial charge in [-0.1, -0.05) is 48.9 Å². The second kappa shape index (κ2) is 13.1. The first-order chi connectivity index (χ1) is 21.5. The second-order valence-corrected chi connectivity index (χ2v) is 14.1. The first-order valence-corrected chi connectivity index (χ1v) is 17.2. The summed E-state index contributed by atoms with van der Waals surface area (Å²) >= 11 is 1.71. The predicted octanol–water partition coefficient (Wildman–Crippen LogP) is 3.96. The zero-order valence-corrected chi connectivity index (χ0v) is 26.5. The third-order valence-corrected chi connectivity index (χ3v) is 11.0. The molecule has 234 valence electrons. The lowest BCUT2D eigenvalue weighted by Gasteiger charge is -2.43. The van der Waals surface area contributed by atoms with Gasteiger partial charge in [0.05, 0.1) is 6.10 Å². The minimum atomic E-state index is -0.589. The molecule has 3 aromatic rings. The molecular weight excluding hydrogens is 572 g/mol. The molecule has 1 aliphatic carbocycles.